The number of aromatic nitrogens is 1. The summed E-state index contributed by atoms with van der Waals surface area (Å²) in [5, 5.41) is 2.93. The predicted octanol–water partition coefficient (Wildman–Crippen LogP) is 1.18. The smallest absolute Gasteiger partial charge is 0.255 e. The molecule has 0 unspecified atom stereocenters. The van der Waals surface area contributed by atoms with Crippen LogP contribution in [0.25, 0.3) is 0 Å². The van der Waals surface area contributed by atoms with Crippen LogP contribution in [0, 0.1) is 0 Å². The zero-order valence-electron chi connectivity index (χ0n) is 15.5. The standard InChI is InChI=1S/C20H21N3O5/c1-27-14-3-4-15-16(10-14)28-20(12-22-18(15)25)6-8-23(9-7-20)19(26)13-2-5-17(24)21-11-13/h2-5,10-11H,6-9,12H2,1H3,(H,21,24)(H,22,25). The van der Waals surface area contributed by atoms with Gasteiger partial charge in [-0.1, -0.05) is 0 Å². The molecule has 1 aromatic heterocycles. The Labute approximate surface area is 161 Å². The van der Waals surface area contributed by atoms with Crippen molar-refractivity contribution in [3.05, 3.63) is 58.0 Å². The average molecular weight is 383 g/mol. The number of carbonyl (C=O) groups excluding carboxylic acids is 2. The molecule has 0 aliphatic carbocycles. The van der Waals surface area contributed by atoms with Crippen molar-refractivity contribution in [2.45, 2.75) is 18.4 Å². The number of hydrogen-bond donors (Lipinski definition) is 2. The second kappa shape index (κ2) is 7.03. The second-order valence-electron chi connectivity index (χ2n) is 7.06. The summed E-state index contributed by atoms with van der Waals surface area (Å²) in [6, 6.07) is 8.01. The molecule has 4 rings (SSSR count). The Bertz CT molecular complexity index is 956. The van der Waals surface area contributed by atoms with Crippen LogP contribution < -0.4 is 20.3 Å². The van der Waals surface area contributed by atoms with Crippen molar-refractivity contribution in [1.29, 1.82) is 0 Å². The van der Waals surface area contributed by atoms with Crippen LogP contribution in [0.15, 0.2) is 41.3 Å². The SMILES string of the molecule is COc1ccc2c(c1)OC1(CCN(C(=O)c3ccc(=O)[nH]c3)CC1)CNC2=O. The first-order valence-electron chi connectivity index (χ1n) is 9.13. The molecule has 2 N–H and O–H groups in total. The van der Waals surface area contributed by atoms with Gasteiger partial charge >= 0.3 is 0 Å². The molecule has 1 saturated heterocycles. The van der Waals surface area contributed by atoms with Gasteiger partial charge in [-0.25, -0.2) is 0 Å². The fourth-order valence-corrected chi connectivity index (χ4v) is 3.63. The van der Waals surface area contributed by atoms with E-state index >= 15 is 0 Å². The number of pyridine rings is 1. The van der Waals surface area contributed by atoms with Gasteiger partial charge in [0.05, 0.1) is 24.8 Å². The Kier molecular flexibility index (Phi) is 4.54. The van der Waals surface area contributed by atoms with Gasteiger partial charge in [0.2, 0.25) is 5.56 Å². The number of nitrogens with one attached hydrogen (secondary N) is 2. The lowest BCUT2D eigenvalue weighted by molar-refractivity contribution is 0.00761. The number of methoxy groups -OCH3 is 1. The topological polar surface area (TPSA) is 101 Å². The molecule has 8 heteroatoms. The lowest BCUT2D eigenvalue weighted by Crippen LogP contribution is -2.54. The Hall–Kier alpha value is -3.29. The summed E-state index contributed by atoms with van der Waals surface area (Å²) in [4.78, 5) is 40.5. The van der Waals surface area contributed by atoms with E-state index in [1.807, 2.05) is 0 Å². The van der Waals surface area contributed by atoms with Crippen LogP contribution in [0.5, 0.6) is 11.5 Å². The van der Waals surface area contributed by atoms with Gasteiger partial charge in [-0.05, 0) is 18.2 Å². The molecule has 8 nitrogen and oxygen atoms in total. The summed E-state index contributed by atoms with van der Waals surface area (Å²) in [5.74, 6) is 0.802. The van der Waals surface area contributed by atoms with Gasteiger partial charge < -0.3 is 24.7 Å². The Morgan fingerprint density at radius 1 is 1.18 bits per heavy atom. The van der Waals surface area contributed by atoms with Gasteiger partial charge in [-0.2, -0.15) is 0 Å². The van der Waals surface area contributed by atoms with Crippen LogP contribution in [0.1, 0.15) is 33.6 Å². The highest BCUT2D eigenvalue weighted by molar-refractivity contribution is 5.97. The molecule has 1 aromatic carbocycles. The molecule has 28 heavy (non-hydrogen) atoms. The zero-order chi connectivity index (χ0) is 19.7. The molecule has 2 aliphatic rings. The summed E-state index contributed by atoms with van der Waals surface area (Å²) in [6.07, 6.45) is 2.60. The first-order valence-corrected chi connectivity index (χ1v) is 9.13. The molecule has 2 aliphatic heterocycles. The van der Waals surface area contributed by atoms with Crippen molar-refractivity contribution < 1.29 is 19.1 Å². The summed E-state index contributed by atoms with van der Waals surface area (Å²) in [6.45, 7) is 1.36. The minimum absolute atomic E-state index is 0.133. The minimum atomic E-state index is -0.574. The zero-order valence-corrected chi connectivity index (χ0v) is 15.5. The summed E-state index contributed by atoms with van der Waals surface area (Å²) < 4.78 is 11.5. The highest BCUT2D eigenvalue weighted by atomic mass is 16.5. The maximum absolute atomic E-state index is 12.7. The fourth-order valence-electron chi connectivity index (χ4n) is 3.63. The van der Waals surface area contributed by atoms with Crippen LogP contribution in [0.3, 0.4) is 0 Å². The quantitative estimate of drug-likeness (QED) is 0.811. The van der Waals surface area contributed by atoms with E-state index in [0.717, 1.165) is 0 Å². The fraction of sp³-hybridized carbons (Fsp3) is 0.350. The largest absolute Gasteiger partial charge is 0.497 e. The predicted molar refractivity (Wildman–Crippen MR) is 101 cm³/mol. The molecule has 0 saturated carbocycles. The highest BCUT2D eigenvalue weighted by Crippen LogP contribution is 2.35. The lowest BCUT2D eigenvalue weighted by Gasteiger charge is -2.41. The molecular weight excluding hydrogens is 362 g/mol. The van der Waals surface area contributed by atoms with Crippen LogP contribution in [0.4, 0.5) is 0 Å². The van der Waals surface area contributed by atoms with Gasteiger partial charge in [-0.3, -0.25) is 14.4 Å². The van der Waals surface area contributed by atoms with Gasteiger partial charge in [0, 0.05) is 44.3 Å². The number of aromatic amines is 1. The molecule has 2 aromatic rings. The van der Waals surface area contributed by atoms with E-state index in [4.69, 9.17) is 9.47 Å². The van der Waals surface area contributed by atoms with Crippen molar-refractivity contribution >= 4 is 11.8 Å². The molecule has 3 heterocycles. The van der Waals surface area contributed by atoms with E-state index in [9.17, 15) is 14.4 Å². The average Bonchev–Trinajstić information content (AvgIpc) is 2.85. The molecule has 1 spiro atoms. The third kappa shape index (κ3) is 3.33. The van der Waals surface area contributed by atoms with Crippen LogP contribution >= 0.6 is 0 Å². The van der Waals surface area contributed by atoms with E-state index in [0.29, 0.717) is 55.1 Å². The number of H-pyrrole nitrogens is 1. The normalized spacial score (nSPS) is 17.9. The van der Waals surface area contributed by atoms with Gasteiger partial charge in [0.15, 0.2) is 0 Å². The Morgan fingerprint density at radius 3 is 2.64 bits per heavy atom. The first-order chi connectivity index (χ1) is 13.5. The van der Waals surface area contributed by atoms with Crippen LogP contribution in [-0.2, 0) is 0 Å². The number of carbonyl (C=O) groups is 2. The van der Waals surface area contributed by atoms with Crippen LogP contribution in [-0.4, -0.2) is 54.0 Å². The number of hydrogen-bond acceptors (Lipinski definition) is 5. The van der Waals surface area contributed by atoms with Gasteiger partial charge in [-0.15, -0.1) is 0 Å². The van der Waals surface area contributed by atoms with Crippen molar-refractivity contribution in [1.82, 2.24) is 15.2 Å². The van der Waals surface area contributed by atoms with Crippen molar-refractivity contribution in [2.24, 2.45) is 0 Å². The van der Waals surface area contributed by atoms with Crippen molar-refractivity contribution in [3.63, 3.8) is 0 Å². The highest BCUT2D eigenvalue weighted by Gasteiger charge is 2.41. The molecule has 0 bridgehead atoms. The number of amides is 2. The summed E-state index contributed by atoms with van der Waals surface area (Å²) >= 11 is 0. The van der Waals surface area contributed by atoms with E-state index in [1.54, 1.807) is 30.2 Å². The number of ether oxygens (including phenoxy) is 2. The number of rotatable bonds is 2. The van der Waals surface area contributed by atoms with E-state index in [-0.39, 0.29) is 17.4 Å². The maximum Gasteiger partial charge on any atom is 0.255 e. The number of piperidine rings is 1. The van der Waals surface area contributed by atoms with E-state index < -0.39 is 5.60 Å². The molecule has 1 fully saturated rings. The van der Waals surface area contributed by atoms with Gasteiger partial charge in [0.1, 0.15) is 17.1 Å². The number of nitrogens with zero attached hydrogens (tertiary/aromatic N) is 1. The molecule has 0 atom stereocenters. The second-order valence-corrected chi connectivity index (χ2v) is 7.06. The monoisotopic (exact) mass is 383 g/mol. The number of benzene rings is 1. The Balaban J connectivity index is 1.51. The summed E-state index contributed by atoms with van der Waals surface area (Å²) in [7, 11) is 1.56. The first kappa shape index (κ1) is 18.1. The van der Waals surface area contributed by atoms with E-state index in [1.165, 1.54) is 18.3 Å². The molecular formula is C20H21N3O5. The van der Waals surface area contributed by atoms with Crippen molar-refractivity contribution in [3.8, 4) is 11.5 Å². The third-order valence-corrected chi connectivity index (χ3v) is 5.32. The summed E-state index contributed by atoms with van der Waals surface area (Å²) in [5.41, 5.74) is 0.102. The number of fused-ring (bicyclic) bond motifs is 1. The van der Waals surface area contributed by atoms with E-state index in [2.05, 4.69) is 10.3 Å². The lowest BCUT2D eigenvalue weighted by atomic mass is 9.90. The Morgan fingerprint density at radius 2 is 1.96 bits per heavy atom. The number of likely N-dealkylation sites (tertiary alicyclic amines) is 1. The maximum atomic E-state index is 12.7. The molecule has 2 amide bonds. The molecule has 0 radical (unpaired) electrons. The van der Waals surface area contributed by atoms with Crippen molar-refractivity contribution in [2.75, 3.05) is 26.7 Å². The van der Waals surface area contributed by atoms with Crippen LogP contribution in [0.2, 0.25) is 0 Å². The molecule has 146 valence electrons. The minimum Gasteiger partial charge on any atom is -0.497 e. The third-order valence-electron chi connectivity index (χ3n) is 5.32. The van der Waals surface area contributed by atoms with Gasteiger partial charge in [0.25, 0.3) is 11.8 Å².